The Morgan fingerprint density at radius 1 is 1.50 bits per heavy atom. The maximum absolute atomic E-state index is 12.6. The number of hydrogen-bond donors (Lipinski definition) is 1. The van der Waals surface area contributed by atoms with Gasteiger partial charge in [-0.05, 0) is 37.4 Å². The first-order valence-electron chi connectivity index (χ1n) is 6.79. The van der Waals surface area contributed by atoms with Crippen LogP contribution < -0.4 is 5.32 Å². The van der Waals surface area contributed by atoms with Gasteiger partial charge in [0.25, 0.3) is 0 Å². The molecule has 98 valence electrons. The molecule has 1 amide bonds. The quantitative estimate of drug-likeness (QED) is 0.880. The van der Waals surface area contributed by atoms with Gasteiger partial charge >= 0.3 is 0 Å². The monoisotopic (exact) mass is 248 g/mol. The fourth-order valence-electron chi connectivity index (χ4n) is 2.70. The number of amides is 1. The van der Waals surface area contributed by atoms with Crippen molar-refractivity contribution in [2.24, 2.45) is 11.8 Å². The van der Waals surface area contributed by atoms with E-state index in [9.17, 15) is 4.79 Å². The van der Waals surface area contributed by atoms with Crippen LogP contribution in [0.15, 0.2) is 22.8 Å². The Balaban J connectivity index is 1.71. The van der Waals surface area contributed by atoms with E-state index in [-0.39, 0.29) is 5.92 Å². The zero-order valence-electron chi connectivity index (χ0n) is 10.8. The molecule has 0 bridgehead atoms. The van der Waals surface area contributed by atoms with Crippen molar-refractivity contribution in [3.8, 4) is 0 Å². The van der Waals surface area contributed by atoms with E-state index in [0.29, 0.717) is 24.4 Å². The summed E-state index contributed by atoms with van der Waals surface area (Å²) in [5.74, 6) is 1.76. The highest BCUT2D eigenvalue weighted by atomic mass is 16.3. The second-order valence-corrected chi connectivity index (χ2v) is 5.52. The molecule has 18 heavy (non-hydrogen) atoms. The van der Waals surface area contributed by atoms with E-state index in [4.69, 9.17) is 4.42 Å². The van der Waals surface area contributed by atoms with E-state index in [1.165, 1.54) is 0 Å². The van der Waals surface area contributed by atoms with Gasteiger partial charge < -0.3 is 14.6 Å². The molecule has 2 aliphatic rings. The molecule has 1 aromatic rings. The predicted molar refractivity (Wildman–Crippen MR) is 67.8 cm³/mol. The third-order valence-corrected chi connectivity index (χ3v) is 4.01. The normalized spacial score (nSPS) is 27.4. The van der Waals surface area contributed by atoms with Crippen molar-refractivity contribution >= 4 is 5.91 Å². The Morgan fingerprint density at radius 3 is 2.89 bits per heavy atom. The van der Waals surface area contributed by atoms with Crippen molar-refractivity contribution in [3.05, 3.63) is 24.2 Å². The molecule has 0 radical (unpaired) electrons. The molecule has 4 heteroatoms. The SMILES string of the molecule is C[C@@H]1CNC[C@H]1C(=O)N(Cc1ccco1)C1CC1. The van der Waals surface area contributed by atoms with Crippen molar-refractivity contribution in [2.75, 3.05) is 13.1 Å². The van der Waals surface area contributed by atoms with Gasteiger partial charge in [0.2, 0.25) is 5.91 Å². The second-order valence-electron chi connectivity index (χ2n) is 5.52. The molecule has 2 fully saturated rings. The summed E-state index contributed by atoms with van der Waals surface area (Å²) < 4.78 is 5.37. The van der Waals surface area contributed by atoms with E-state index in [1.54, 1.807) is 6.26 Å². The zero-order valence-corrected chi connectivity index (χ0v) is 10.8. The van der Waals surface area contributed by atoms with Crippen LogP contribution in [0.5, 0.6) is 0 Å². The molecule has 0 spiro atoms. The summed E-state index contributed by atoms with van der Waals surface area (Å²) >= 11 is 0. The van der Waals surface area contributed by atoms with E-state index < -0.39 is 0 Å². The van der Waals surface area contributed by atoms with Gasteiger partial charge in [-0.25, -0.2) is 0 Å². The molecule has 2 heterocycles. The lowest BCUT2D eigenvalue weighted by Gasteiger charge is -2.26. The first-order chi connectivity index (χ1) is 8.75. The molecule has 1 aromatic heterocycles. The Morgan fingerprint density at radius 2 is 2.33 bits per heavy atom. The van der Waals surface area contributed by atoms with Gasteiger partial charge in [-0.3, -0.25) is 4.79 Å². The second kappa shape index (κ2) is 4.76. The number of nitrogens with zero attached hydrogens (tertiary/aromatic N) is 1. The maximum Gasteiger partial charge on any atom is 0.227 e. The van der Waals surface area contributed by atoms with Crippen molar-refractivity contribution < 1.29 is 9.21 Å². The van der Waals surface area contributed by atoms with E-state index >= 15 is 0 Å². The molecular weight excluding hydrogens is 228 g/mol. The smallest absolute Gasteiger partial charge is 0.227 e. The first kappa shape index (κ1) is 11.8. The number of nitrogens with one attached hydrogen (secondary N) is 1. The van der Waals surface area contributed by atoms with Crippen LogP contribution in [0.1, 0.15) is 25.5 Å². The third-order valence-electron chi connectivity index (χ3n) is 4.01. The van der Waals surface area contributed by atoms with Crippen LogP contribution >= 0.6 is 0 Å². The number of carbonyl (C=O) groups excluding carboxylic acids is 1. The van der Waals surface area contributed by atoms with Crippen LogP contribution in [-0.4, -0.2) is 29.9 Å². The minimum absolute atomic E-state index is 0.139. The molecule has 1 saturated heterocycles. The standard InChI is InChI=1S/C14H20N2O2/c1-10-7-15-8-13(10)14(17)16(11-4-5-11)9-12-3-2-6-18-12/h2-3,6,10-11,13,15H,4-5,7-9H2,1H3/t10-,13-/m1/s1. The van der Waals surface area contributed by atoms with Crippen molar-refractivity contribution in [2.45, 2.75) is 32.4 Å². The summed E-state index contributed by atoms with van der Waals surface area (Å²) in [5, 5.41) is 3.31. The molecule has 0 aromatic carbocycles. The molecule has 2 atom stereocenters. The van der Waals surface area contributed by atoms with Crippen LogP contribution in [0.2, 0.25) is 0 Å². The maximum atomic E-state index is 12.6. The zero-order chi connectivity index (χ0) is 12.5. The summed E-state index contributed by atoms with van der Waals surface area (Å²) in [6, 6.07) is 4.26. The fraction of sp³-hybridized carbons (Fsp3) is 0.643. The molecule has 3 rings (SSSR count). The average Bonchev–Trinajstić information content (AvgIpc) is 2.89. The van der Waals surface area contributed by atoms with Gasteiger partial charge in [-0.1, -0.05) is 6.92 Å². The average molecular weight is 248 g/mol. The molecular formula is C14H20N2O2. The van der Waals surface area contributed by atoms with Crippen LogP contribution in [0, 0.1) is 11.8 Å². The highest BCUT2D eigenvalue weighted by Crippen LogP contribution is 2.31. The van der Waals surface area contributed by atoms with E-state index in [2.05, 4.69) is 12.2 Å². The fourth-order valence-corrected chi connectivity index (χ4v) is 2.70. The lowest BCUT2D eigenvalue weighted by Crippen LogP contribution is -2.39. The van der Waals surface area contributed by atoms with Gasteiger partial charge in [0, 0.05) is 12.6 Å². The van der Waals surface area contributed by atoms with Crippen molar-refractivity contribution in [1.82, 2.24) is 10.2 Å². The third kappa shape index (κ3) is 2.29. The van der Waals surface area contributed by atoms with Gasteiger partial charge in [-0.2, -0.15) is 0 Å². The Bertz CT molecular complexity index is 411. The Kier molecular flexibility index (Phi) is 3.12. The van der Waals surface area contributed by atoms with Crippen LogP contribution in [0.3, 0.4) is 0 Å². The minimum Gasteiger partial charge on any atom is -0.467 e. The molecule has 1 aliphatic carbocycles. The summed E-state index contributed by atoms with van der Waals surface area (Å²) in [5.41, 5.74) is 0. The van der Waals surface area contributed by atoms with Gasteiger partial charge in [0.1, 0.15) is 5.76 Å². The van der Waals surface area contributed by atoms with Crippen molar-refractivity contribution in [3.63, 3.8) is 0 Å². The van der Waals surface area contributed by atoms with Crippen molar-refractivity contribution in [1.29, 1.82) is 0 Å². The summed E-state index contributed by atoms with van der Waals surface area (Å²) in [7, 11) is 0. The van der Waals surface area contributed by atoms with Crippen LogP contribution in [-0.2, 0) is 11.3 Å². The number of rotatable bonds is 4. The molecule has 1 saturated carbocycles. The van der Waals surface area contributed by atoms with E-state index in [1.807, 2.05) is 17.0 Å². The van der Waals surface area contributed by atoms with Gasteiger partial charge in [0.05, 0.1) is 18.7 Å². The summed E-state index contributed by atoms with van der Waals surface area (Å²) in [6.45, 7) is 4.55. The highest BCUT2D eigenvalue weighted by molar-refractivity contribution is 5.80. The molecule has 1 N–H and O–H groups in total. The molecule has 1 aliphatic heterocycles. The Labute approximate surface area is 107 Å². The van der Waals surface area contributed by atoms with Gasteiger partial charge in [-0.15, -0.1) is 0 Å². The summed E-state index contributed by atoms with van der Waals surface area (Å²) in [6.07, 6.45) is 3.95. The van der Waals surface area contributed by atoms with E-state index in [0.717, 1.165) is 31.7 Å². The lowest BCUT2D eigenvalue weighted by molar-refractivity contribution is -0.137. The van der Waals surface area contributed by atoms with Crippen LogP contribution in [0.25, 0.3) is 0 Å². The Hall–Kier alpha value is -1.29. The number of hydrogen-bond acceptors (Lipinski definition) is 3. The molecule has 0 unspecified atom stereocenters. The summed E-state index contributed by atoms with van der Waals surface area (Å²) in [4.78, 5) is 14.6. The highest BCUT2D eigenvalue weighted by Gasteiger charge is 2.39. The largest absolute Gasteiger partial charge is 0.467 e. The predicted octanol–water partition coefficient (Wildman–Crippen LogP) is 1.63. The number of furan rings is 1. The topological polar surface area (TPSA) is 45.5 Å². The molecule has 4 nitrogen and oxygen atoms in total. The number of carbonyl (C=O) groups is 1. The lowest BCUT2D eigenvalue weighted by atomic mass is 9.96. The van der Waals surface area contributed by atoms with Gasteiger partial charge in [0.15, 0.2) is 0 Å². The minimum atomic E-state index is 0.139. The first-order valence-corrected chi connectivity index (χ1v) is 6.79. The van der Waals surface area contributed by atoms with Crippen LogP contribution in [0.4, 0.5) is 0 Å².